The van der Waals surface area contributed by atoms with E-state index in [0.29, 0.717) is 19.5 Å². The van der Waals surface area contributed by atoms with E-state index in [2.05, 4.69) is 5.32 Å². The first-order chi connectivity index (χ1) is 10.7. The van der Waals surface area contributed by atoms with E-state index in [9.17, 15) is 9.59 Å². The van der Waals surface area contributed by atoms with Crippen molar-refractivity contribution in [3.8, 4) is 6.07 Å². The molecule has 130 valence electrons. The largest absolute Gasteiger partial charge is 0.444 e. The minimum absolute atomic E-state index is 0.0364. The van der Waals surface area contributed by atoms with Gasteiger partial charge >= 0.3 is 6.09 Å². The fraction of sp³-hybridized carbons (Fsp3) is 0.812. The van der Waals surface area contributed by atoms with Crippen molar-refractivity contribution in [3.63, 3.8) is 0 Å². The number of hydrogen-bond acceptors (Lipinski definition) is 5. The standard InChI is InChI=1S/C16H27N3O4/c1-5-16(22-11-13(20)18-9-8-17)7-6-10-19(12-16)14(21)23-15(2,3)4/h5-7,9-12H2,1-4H3,(H,18,20). The maximum atomic E-state index is 12.2. The quantitative estimate of drug-likeness (QED) is 0.779. The van der Waals surface area contributed by atoms with Gasteiger partial charge in [-0.3, -0.25) is 4.79 Å². The van der Waals surface area contributed by atoms with Crippen LogP contribution in [0.15, 0.2) is 0 Å². The van der Waals surface area contributed by atoms with Crippen LogP contribution in [0.5, 0.6) is 0 Å². The summed E-state index contributed by atoms with van der Waals surface area (Å²) in [6, 6.07) is 1.85. The van der Waals surface area contributed by atoms with Gasteiger partial charge in [0.15, 0.2) is 0 Å². The van der Waals surface area contributed by atoms with Gasteiger partial charge in [0.2, 0.25) is 5.91 Å². The molecule has 1 N–H and O–H groups in total. The molecule has 0 saturated carbocycles. The number of carbonyl (C=O) groups is 2. The van der Waals surface area contributed by atoms with Crippen molar-refractivity contribution in [2.45, 2.75) is 58.2 Å². The molecule has 0 spiro atoms. The average Bonchev–Trinajstić information content (AvgIpc) is 2.49. The van der Waals surface area contributed by atoms with Gasteiger partial charge in [-0.25, -0.2) is 4.79 Å². The molecule has 1 unspecified atom stereocenters. The predicted octanol–water partition coefficient (Wildman–Crippen LogP) is 1.82. The molecule has 7 heteroatoms. The summed E-state index contributed by atoms with van der Waals surface area (Å²) in [7, 11) is 0. The van der Waals surface area contributed by atoms with E-state index < -0.39 is 11.2 Å². The van der Waals surface area contributed by atoms with Crippen LogP contribution in [0, 0.1) is 11.3 Å². The first kappa shape index (κ1) is 19.2. The SMILES string of the molecule is CCC1(OCC(=O)NCC#N)CCCN(C(=O)OC(C)(C)C)C1. The zero-order chi connectivity index (χ0) is 17.5. The van der Waals surface area contributed by atoms with Crippen molar-refractivity contribution in [2.24, 2.45) is 0 Å². The van der Waals surface area contributed by atoms with Crippen molar-refractivity contribution in [1.29, 1.82) is 5.26 Å². The van der Waals surface area contributed by atoms with Crippen LogP contribution in [0.4, 0.5) is 4.79 Å². The number of hydrogen-bond donors (Lipinski definition) is 1. The highest BCUT2D eigenvalue weighted by Crippen LogP contribution is 2.29. The predicted molar refractivity (Wildman–Crippen MR) is 84.6 cm³/mol. The second-order valence-electron chi connectivity index (χ2n) is 6.77. The molecule has 23 heavy (non-hydrogen) atoms. The summed E-state index contributed by atoms with van der Waals surface area (Å²) in [5.41, 5.74) is -1.08. The van der Waals surface area contributed by atoms with Crippen molar-refractivity contribution in [3.05, 3.63) is 0 Å². The van der Waals surface area contributed by atoms with Gasteiger partial charge in [0.1, 0.15) is 18.8 Å². The summed E-state index contributed by atoms with van der Waals surface area (Å²) in [5, 5.41) is 10.9. The van der Waals surface area contributed by atoms with E-state index in [4.69, 9.17) is 14.7 Å². The smallest absolute Gasteiger partial charge is 0.410 e. The minimum atomic E-state index is -0.543. The van der Waals surface area contributed by atoms with E-state index in [0.717, 1.165) is 12.8 Å². The number of nitriles is 1. The molecule has 1 heterocycles. The second-order valence-corrected chi connectivity index (χ2v) is 6.77. The summed E-state index contributed by atoms with van der Waals surface area (Å²) in [6.07, 6.45) is 1.92. The fourth-order valence-corrected chi connectivity index (χ4v) is 2.50. The van der Waals surface area contributed by atoms with Crippen LogP contribution >= 0.6 is 0 Å². The number of nitrogens with zero attached hydrogens (tertiary/aromatic N) is 2. The second kappa shape index (κ2) is 8.16. The lowest BCUT2D eigenvalue weighted by Crippen LogP contribution is -2.53. The molecule has 7 nitrogen and oxygen atoms in total. The average molecular weight is 325 g/mol. The zero-order valence-electron chi connectivity index (χ0n) is 14.5. The monoisotopic (exact) mass is 325 g/mol. The summed E-state index contributed by atoms with van der Waals surface area (Å²) in [6.45, 7) is 8.35. The Bertz CT molecular complexity index is 467. The Morgan fingerprint density at radius 1 is 1.39 bits per heavy atom. The Kier molecular flexibility index (Phi) is 6.82. The maximum absolute atomic E-state index is 12.2. The molecule has 1 aliphatic heterocycles. The molecule has 2 amide bonds. The zero-order valence-corrected chi connectivity index (χ0v) is 14.5. The van der Waals surface area contributed by atoms with E-state index in [1.165, 1.54) is 0 Å². The molecule has 0 radical (unpaired) electrons. The van der Waals surface area contributed by atoms with E-state index in [1.807, 2.05) is 33.8 Å². The highest BCUT2D eigenvalue weighted by molar-refractivity contribution is 5.77. The van der Waals surface area contributed by atoms with Crippen LogP contribution in [0.3, 0.4) is 0 Å². The molecule has 0 aliphatic carbocycles. The van der Waals surface area contributed by atoms with Crippen molar-refractivity contribution < 1.29 is 19.1 Å². The van der Waals surface area contributed by atoms with Gasteiger partial charge in [-0.1, -0.05) is 6.92 Å². The molecule has 1 atom stereocenters. The molecule has 0 aromatic carbocycles. The van der Waals surface area contributed by atoms with Gasteiger partial charge in [0.25, 0.3) is 0 Å². The van der Waals surface area contributed by atoms with Crippen LogP contribution in [0.1, 0.15) is 47.0 Å². The third-order valence-corrected chi connectivity index (χ3v) is 3.71. The van der Waals surface area contributed by atoms with Crippen LogP contribution in [-0.2, 0) is 14.3 Å². The first-order valence-corrected chi connectivity index (χ1v) is 7.97. The Morgan fingerprint density at radius 2 is 2.09 bits per heavy atom. The van der Waals surface area contributed by atoms with Crippen molar-refractivity contribution >= 4 is 12.0 Å². The number of ether oxygens (including phenoxy) is 2. The molecule has 0 aromatic rings. The lowest BCUT2D eigenvalue weighted by Gasteiger charge is -2.42. The normalized spacial score (nSPS) is 21.4. The minimum Gasteiger partial charge on any atom is -0.444 e. The Labute approximate surface area is 137 Å². The van der Waals surface area contributed by atoms with Gasteiger partial charge in [-0.15, -0.1) is 0 Å². The Hall–Kier alpha value is -1.81. The molecule has 0 aromatic heterocycles. The molecular weight excluding hydrogens is 298 g/mol. The number of piperidine rings is 1. The molecular formula is C16H27N3O4. The van der Waals surface area contributed by atoms with Crippen LogP contribution in [-0.4, -0.2) is 54.3 Å². The summed E-state index contributed by atoms with van der Waals surface area (Å²) in [5.74, 6) is -0.325. The fourth-order valence-electron chi connectivity index (χ4n) is 2.50. The van der Waals surface area contributed by atoms with Gasteiger partial charge < -0.3 is 19.7 Å². The summed E-state index contributed by atoms with van der Waals surface area (Å²) >= 11 is 0. The lowest BCUT2D eigenvalue weighted by atomic mass is 9.90. The number of nitrogens with one attached hydrogen (secondary N) is 1. The molecule has 0 bridgehead atoms. The van der Waals surface area contributed by atoms with Gasteiger partial charge in [0.05, 0.1) is 18.2 Å². The first-order valence-electron chi connectivity index (χ1n) is 7.97. The maximum Gasteiger partial charge on any atom is 0.410 e. The van der Waals surface area contributed by atoms with Crippen molar-refractivity contribution in [2.75, 3.05) is 26.2 Å². The van der Waals surface area contributed by atoms with Crippen molar-refractivity contribution in [1.82, 2.24) is 10.2 Å². The topological polar surface area (TPSA) is 91.7 Å². The number of likely N-dealkylation sites (tertiary alicyclic amines) is 1. The lowest BCUT2D eigenvalue weighted by molar-refractivity contribution is -0.138. The van der Waals surface area contributed by atoms with Gasteiger partial charge in [-0.05, 0) is 40.0 Å². The third-order valence-electron chi connectivity index (χ3n) is 3.71. The summed E-state index contributed by atoms with van der Waals surface area (Å²) in [4.78, 5) is 25.5. The molecule has 1 fully saturated rings. The van der Waals surface area contributed by atoms with Crippen LogP contribution in [0.25, 0.3) is 0 Å². The van der Waals surface area contributed by atoms with Crippen LogP contribution < -0.4 is 5.32 Å². The number of rotatable bonds is 5. The van der Waals surface area contributed by atoms with E-state index in [-0.39, 0.29) is 25.2 Å². The molecule has 1 rings (SSSR count). The molecule has 1 saturated heterocycles. The van der Waals surface area contributed by atoms with E-state index in [1.54, 1.807) is 4.90 Å². The highest BCUT2D eigenvalue weighted by atomic mass is 16.6. The highest BCUT2D eigenvalue weighted by Gasteiger charge is 2.38. The Balaban J connectivity index is 2.62. The van der Waals surface area contributed by atoms with Gasteiger partial charge in [-0.2, -0.15) is 5.26 Å². The Morgan fingerprint density at radius 3 is 2.65 bits per heavy atom. The summed E-state index contributed by atoms with van der Waals surface area (Å²) < 4.78 is 11.2. The van der Waals surface area contributed by atoms with Crippen LogP contribution in [0.2, 0.25) is 0 Å². The van der Waals surface area contributed by atoms with Gasteiger partial charge in [0, 0.05) is 6.54 Å². The number of carbonyl (C=O) groups excluding carboxylic acids is 2. The molecule has 1 aliphatic rings. The van der Waals surface area contributed by atoms with E-state index >= 15 is 0 Å². The third kappa shape index (κ3) is 6.45. The number of amides is 2.